The summed E-state index contributed by atoms with van der Waals surface area (Å²) in [5, 5.41) is 3.52. The number of benzene rings is 2. The van der Waals surface area contributed by atoms with Gasteiger partial charge in [0.05, 0.1) is 5.52 Å². The third-order valence-corrected chi connectivity index (χ3v) is 5.47. The van der Waals surface area contributed by atoms with Crippen molar-refractivity contribution >= 4 is 38.3 Å². The lowest BCUT2D eigenvalue weighted by atomic mass is 10.1. The summed E-state index contributed by atoms with van der Waals surface area (Å²) in [6, 6.07) is 9.42. The molecule has 0 aliphatic heterocycles. The Labute approximate surface area is 167 Å². The molecule has 156 valence electrons. The van der Waals surface area contributed by atoms with Gasteiger partial charge < -0.3 is 11.1 Å². The number of nitrogens with one attached hydrogen (secondary N) is 1. The number of halogens is 5. The van der Waals surface area contributed by atoms with Crippen molar-refractivity contribution in [1.29, 1.82) is 0 Å². The lowest BCUT2D eigenvalue weighted by Gasteiger charge is -2.40. The minimum absolute atomic E-state index is 0.143. The van der Waals surface area contributed by atoms with E-state index in [-0.39, 0.29) is 11.5 Å². The van der Waals surface area contributed by atoms with Crippen LogP contribution in [0.15, 0.2) is 72.0 Å². The molecule has 11 heteroatoms. The molecule has 0 saturated carbocycles. The predicted octanol–water partition coefficient (Wildman–Crippen LogP) is 6.68. The largest absolute Gasteiger partial charge is 0.398 e. The van der Waals surface area contributed by atoms with Crippen LogP contribution < -0.4 is 11.1 Å². The van der Waals surface area contributed by atoms with Gasteiger partial charge in [0.1, 0.15) is 10.6 Å². The number of hydrogen-bond donors (Lipinski definition) is 2. The second kappa shape index (κ2) is 6.02. The molecule has 0 radical (unpaired) electrons. The van der Waals surface area contributed by atoms with Crippen LogP contribution in [0.5, 0.6) is 0 Å². The first-order valence-corrected chi connectivity index (χ1v) is 10.4. The number of hydrogen-bond acceptors (Lipinski definition) is 5. The summed E-state index contributed by atoms with van der Waals surface area (Å²) in [4.78, 5) is 10.7. The molecule has 0 amide bonds. The number of anilines is 3. The summed E-state index contributed by atoms with van der Waals surface area (Å²) in [6.07, 6.45) is 4.43. The molecule has 5 nitrogen and oxygen atoms in total. The second-order valence-electron chi connectivity index (χ2n) is 6.50. The van der Waals surface area contributed by atoms with E-state index in [4.69, 9.17) is 5.73 Å². The SMILES string of the molecule is Nc1ccnc2ccc(-c3nccnc3Nc3ccc(S(F)(F)(F)(F)F)cc3)cc12. The number of nitrogens with two attached hydrogens (primary N) is 1. The molecule has 0 spiro atoms. The van der Waals surface area contributed by atoms with Crippen LogP contribution in [0.1, 0.15) is 0 Å². The predicted molar refractivity (Wildman–Crippen MR) is 108 cm³/mol. The summed E-state index contributed by atoms with van der Waals surface area (Å²) in [5.41, 5.74) is 8.38. The molecule has 3 N–H and O–H groups in total. The highest BCUT2D eigenvalue weighted by molar-refractivity contribution is 8.45. The average Bonchev–Trinajstić information content (AvgIpc) is 2.67. The maximum absolute atomic E-state index is 12.9. The van der Waals surface area contributed by atoms with Crippen LogP contribution in [0.3, 0.4) is 0 Å². The van der Waals surface area contributed by atoms with E-state index in [1.54, 1.807) is 30.5 Å². The Hall–Kier alpha value is -3.47. The molecule has 0 saturated heterocycles. The highest BCUT2D eigenvalue weighted by atomic mass is 32.5. The maximum atomic E-state index is 12.9. The number of aromatic nitrogens is 3. The van der Waals surface area contributed by atoms with Gasteiger partial charge in [-0.1, -0.05) is 25.5 Å². The molecule has 0 atom stereocenters. The molecule has 2 aromatic heterocycles. The van der Waals surface area contributed by atoms with E-state index in [2.05, 4.69) is 20.3 Å². The van der Waals surface area contributed by atoms with Gasteiger partial charge in [0, 0.05) is 40.9 Å². The van der Waals surface area contributed by atoms with Crippen molar-refractivity contribution in [2.45, 2.75) is 4.90 Å². The van der Waals surface area contributed by atoms with Crippen molar-refractivity contribution in [2.24, 2.45) is 0 Å². The van der Waals surface area contributed by atoms with Crippen molar-refractivity contribution < 1.29 is 19.4 Å². The molecular weight excluding hydrogens is 425 g/mol. The molecule has 4 aromatic rings. The van der Waals surface area contributed by atoms with E-state index in [0.29, 0.717) is 40.0 Å². The van der Waals surface area contributed by atoms with Crippen molar-refractivity contribution in [1.82, 2.24) is 15.0 Å². The molecule has 0 bridgehead atoms. The lowest BCUT2D eigenvalue weighted by Crippen LogP contribution is -2.06. The number of nitrogens with zero attached hydrogens (tertiary/aromatic N) is 3. The van der Waals surface area contributed by atoms with E-state index in [0.717, 1.165) is 12.1 Å². The highest BCUT2D eigenvalue weighted by Gasteiger charge is 2.65. The standard InChI is InChI=1S/C19H14F5N5S/c20-30(21,22,23,24)14-4-2-13(3-5-14)29-19-18(27-9-10-28-19)12-1-6-17-15(11-12)16(25)7-8-26-17/h1-11H,(H2,25,26)(H,28,29). The second-order valence-corrected chi connectivity index (χ2v) is 8.91. The molecule has 2 aromatic carbocycles. The Bertz CT molecular complexity index is 1260. The van der Waals surface area contributed by atoms with Crippen LogP contribution >= 0.6 is 10.2 Å². The van der Waals surface area contributed by atoms with Crippen molar-refractivity contribution in [3.63, 3.8) is 0 Å². The third-order valence-electron chi connectivity index (χ3n) is 4.31. The third kappa shape index (κ3) is 3.96. The van der Waals surface area contributed by atoms with Crippen LogP contribution in [0, 0.1) is 0 Å². The van der Waals surface area contributed by atoms with Crippen molar-refractivity contribution in [3.8, 4) is 11.3 Å². The quantitative estimate of drug-likeness (QED) is 0.347. The Morgan fingerprint density at radius 2 is 1.47 bits per heavy atom. The Morgan fingerprint density at radius 3 is 2.17 bits per heavy atom. The van der Waals surface area contributed by atoms with E-state index >= 15 is 0 Å². The van der Waals surface area contributed by atoms with Gasteiger partial charge in [0.15, 0.2) is 5.82 Å². The Morgan fingerprint density at radius 1 is 0.767 bits per heavy atom. The zero-order chi connectivity index (χ0) is 21.6. The van der Waals surface area contributed by atoms with Gasteiger partial charge >= 0.3 is 10.2 Å². The number of fused-ring (bicyclic) bond motifs is 1. The first-order valence-electron chi connectivity index (χ1n) is 8.47. The molecule has 0 aliphatic rings. The maximum Gasteiger partial charge on any atom is 0.310 e. The number of pyridine rings is 1. The normalized spacial score (nSPS) is 14.2. The fraction of sp³-hybridized carbons (Fsp3) is 0. The highest BCUT2D eigenvalue weighted by Crippen LogP contribution is 3.02. The molecular formula is C19H14F5N5S. The average molecular weight is 439 g/mol. The van der Waals surface area contributed by atoms with Crippen LogP contribution in [0.2, 0.25) is 0 Å². The smallest absolute Gasteiger partial charge is 0.310 e. The molecule has 30 heavy (non-hydrogen) atoms. The molecule has 0 unspecified atom stereocenters. The van der Waals surface area contributed by atoms with E-state index in [1.807, 2.05) is 0 Å². The van der Waals surface area contributed by atoms with Gasteiger partial charge in [-0.25, -0.2) is 4.98 Å². The van der Waals surface area contributed by atoms with Gasteiger partial charge in [0.25, 0.3) is 0 Å². The summed E-state index contributed by atoms with van der Waals surface area (Å²) in [5.74, 6) is 0.236. The summed E-state index contributed by atoms with van der Waals surface area (Å²) in [6.45, 7) is 0. The van der Waals surface area contributed by atoms with Gasteiger partial charge in [-0.05, 0) is 42.5 Å². The zero-order valence-corrected chi connectivity index (χ0v) is 15.9. The number of nitrogen functional groups attached to an aromatic ring is 1. The van der Waals surface area contributed by atoms with Crippen LogP contribution in [0.25, 0.3) is 22.2 Å². The minimum Gasteiger partial charge on any atom is -0.398 e. The molecule has 0 aliphatic carbocycles. The monoisotopic (exact) mass is 439 g/mol. The number of rotatable bonds is 4. The van der Waals surface area contributed by atoms with E-state index in [9.17, 15) is 19.4 Å². The Kier molecular flexibility index (Phi) is 3.98. The van der Waals surface area contributed by atoms with Crippen molar-refractivity contribution in [2.75, 3.05) is 11.1 Å². The van der Waals surface area contributed by atoms with Crippen LogP contribution in [0.4, 0.5) is 36.6 Å². The first kappa shape index (κ1) is 19.8. The summed E-state index contributed by atoms with van der Waals surface area (Å²) >= 11 is 0. The van der Waals surface area contributed by atoms with Gasteiger partial charge in [-0.15, -0.1) is 0 Å². The fourth-order valence-electron chi connectivity index (χ4n) is 2.89. The van der Waals surface area contributed by atoms with Gasteiger partial charge in [-0.2, -0.15) is 0 Å². The topological polar surface area (TPSA) is 76.7 Å². The fourth-order valence-corrected chi connectivity index (χ4v) is 3.54. The molecule has 0 fully saturated rings. The molecule has 4 rings (SSSR count). The first-order chi connectivity index (χ1) is 13.9. The lowest BCUT2D eigenvalue weighted by molar-refractivity contribution is 0.364. The van der Waals surface area contributed by atoms with Crippen LogP contribution in [-0.4, -0.2) is 15.0 Å². The Balaban J connectivity index is 1.71. The summed E-state index contributed by atoms with van der Waals surface area (Å²) < 4.78 is 64.5. The van der Waals surface area contributed by atoms with Gasteiger partial charge in [-0.3, -0.25) is 9.97 Å². The molecule has 2 heterocycles. The zero-order valence-electron chi connectivity index (χ0n) is 15.1. The van der Waals surface area contributed by atoms with Gasteiger partial charge in [0.2, 0.25) is 0 Å². The van der Waals surface area contributed by atoms with Crippen molar-refractivity contribution in [3.05, 3.63) is 67.1 Å². The van der Waals surface area contributed by atoms with E-state index < -0.39 is 15.1 Å². The summed E-state index contributed by atoms with van der Waals surface area (Å²) in [7, 11) is -9.73. The minimum atomic E-state index is -9.73. The van der Waals surface area contributed by atoms with E-state index in [1.165, 1.54) is 12.4 Å². The van der Waals surface area contributed by atoms with Crippen LogP contribution in [-0.2, 0) is 0 Å².